The van der Waals surface area contributed by atoms with Crippen LogP contribution in [0.5, 0.6) is 0 Å². The Morgan fingerprint density at radius 3 is 1.64 bits per heavy atom. The molecule has 55 heavy (non-hydrogen) atoms. The molecule has 0 N–H and O–H groups in total. The van der Waals surface area contributed by atoms with Gasteiger partial charge in [-0.25, -0.2) is 0 Å². The summed E-state index contributed by atoms with van der Waals surface area (Å²) >= 11 is 0. The summed E-state index contributed by atoms with van der Waals surface area (Å²) < 4.78 is 0. The van der Waals surface area contributed by atoms with Gasteiger partial charge < -0.3 is 0 Å². The van der Waals surface area contributed by atoms with Crippen LogP contribution in [-0.2, 0) is 5.41 Å². The van der Waals surface area contributed by atoms with E-state index in [1.807, 2.05) is 0 Å². The predicted molar refractivity (Wildman–Crippen MR) is 237 cm³/mol. The summed E-state index contributed by atoms with van der Waals surface area (Å²) in [6, 6.07) is 64.3. The summed E-state index contributed by atoms with van der Waals surface area (Å²) in [6.45, 7) is 4.88. The second kappa shape index (κ2) is 10.3. The molecule has 0 nitrogen and oxygen atoms in total. The fourth-order valence-corrected chi connectivity index (χ4v) is 11.1. The van der Waals surface area contributed by atoms with Crippen LogP contribution < -0.4 is 0 Å². The van der Waals surface area contributed by atoms with Gasteiger partial charge in [0.25, 0.3) is 0 Å². The first-order valence-electron chi connectivity index (χ1n) is 19.5. The average molecular weight is 695 g/mol. The lowest BCUT2D eigenvalue weighted by atomic mass is 9.67. The first kappa shape index (κ1) is 29.7. The lowest BCUT2D eigenvalue weighted by Crippen LogP contribution is -2.24. The summed E-state index contributed by atoms with van der Waals surface area (Å²) in [4.78, 5) is 0. The standard InChI is InChI=1S/C55H34/c1-55(2)45-29-28-42-49-41(27-26-38(51(45)49)39-25-24-31-14-9-10-19-34(31)54(39)55)53-47(33-17-7-4-8-18-33)50-40-23-13-22-37-35-20-11-12-21-36(35)43(48(37)40)30-44(50)46(52(42)53)32-15-5-3-6-16-32/h3-30H,1-2H3. The third-order valence-corrected chi connectivity index (χ3v) is 13.3. The Balaban J connectivity index is 1.32. The van der Waals surface area contributed by atoms with Gasteiger partial charge in [0.05, 0.1) is 0 Å². The summed E-state index contributed by atoms with van der Waals surface area (Å²) in [6.07, 6.45) is 0. The summed E-state index contributed by atoms with van der Waals surface area (Å²) in [5.74, 6) is 0. The lowest BCUT2D eigenvalue weighted by Gasteiger charge is -2.36. The molecule has 0 heterocycles. The van der Waals surface area contributed by atoms with Crippen molar-refractivity contribution in [2.24, 2.45) is 0 Å². The Morgan fingerprint density at radius 2 is 0.873 bits per heavy atom. The van der Waals surface area contributed by atoms with Crippen LogP contribution in [0.3, 0.4) is 0 Å². The van der Waals surface area contributed by atoms with Gasteiger partial charge in [0.1, 0.15) is 0 Å². The highest BCUT2D eigenvalue weighted by molar-refractivity contribution is 6.45. The second-order valence-electron chi connectivity index (χ2n) is 16.3. The summed E-state index contributed by atoms with van der Waals surface area (Å²) in [5, 5.41) is 21.5. The number of benzene rings is 10. The van der Waals surface area contributed by atoms with E-state index in [1.54, 1.807) is 0 Å². The largest absolute Gasteiger partial charge is 0.0622 e. The number of hydrogen-bond donors (Lipinski definition) is 0. The molecule has 0 atom stereocenters. The molecule has 1 aliphatic rings. The first-order valence-corrected chi connectivity index (χ1v) is 19.5. The van der Waals surface area contributed by atoms with E-state index in [2.05, 4.69) is 184 Å². The molecule has 0 spiro atoms. The summed E-state index contributed by atoms with van der Waals surface area (Å²) in [5.41, 5.74) is 10.5. The van der Waals surface area contributed by atoms with Gasteiger partial charge in [0.15, 0.2) is 0 Å². The van der Waals surface area contributed by atoms with Gasteiger partial charge in [-0.1, -0.05) is 178 Å². The van der Waals surface area contributed by atoms with Gasteiger partial charge in [0, 0.05) is 5.41 Å². The Kier molecular flexibility index (Phi) is 5.53. The maximum Gasteiger partial charge on any atom is 0.0165 e. The molecule has 0 amide bonds. The molecule has 0 aromatic heterocycles. The summed E-state index contributed by atoms with van der Waals surface area (Å²) in [7, 11) is 0. The molecule has 0 saturated carbocycles. The molecule has 0 aliphatic heterocycles. The number of rotatable bonds is 2. The molecule has 12 aromatic carbocycles. The minimum absolute atomic E-state index is 0.184. The van der Waals surface area contributed by atoms with Crippen molar-refractivity contribution >= 4 is 86.2 Å². The Hall–Kier alpha value is -6.76. The van der Waals surface area contributed by atoms with Crippen molar-refractivity contribution in [1.29, 1.82) is 0 Å². The fraction of sp³-hybridized carbons (Fsp3) is 0.0545. The van der Waals surface area contributed by atoms with Crippen LogP contribution in [0.25, 0.3) is 120 Å². The predicted octanol–water partition coefficient (Wildman–Crippen LogP) is 15.4. The zero-order valence-electron chi connectivity index (χ0n) is 30.7. The van der Waals surface area contributed by atoms with E-state index in [9.17, 15) is 0 Å². The van der Waals surface area contributed by atoms with E-state index < -0.39 is 0 Å². The van der Waals surface area contributed by atoms with Gasteiger partial charge in [-0.3, -0.25) is 0 Å². The zero-order chi connectivity index (χ0) is 36.2. The maximum atomic E-state index is 2.54. The van der Waals surface area contributed by atoms with Crippen molar-refractivity contribution in [3.8, 4) is 33.4 Å². The van der Waals surface area contributed by atoms with Crippen LogP contribution >= 0.6 is 0 Å². The second-order valence-corrected chi connectivity index (χ2v) is 16.3. The molecule has 254 valence electrons. The van der Waals surface area contributed by atoms with Crippen molar-refractivity contribution in [1.82, 2.24) is 0 Å². The molecule has 0 unspecified atom stereocenters. The van der Waals surface area contributed by atoms with Gasteiger partial charge in [0.2, 0.25) is 0 Å². The van der Waals surface area contributed by atoms with E-state index in [0.29, 0.717) is 0 Å². The van der Waals surface area contributed by atoms with E-state index in [-0.39, 0.29) is 5.41 Å². The maximum absolute atomic E-state index is 2.54. The molecule has 0 fully saturated rings. The first-order chi connectivity index (χ1) is 27.1. The van der Waals surface area contributed by atoms with Crippen molar-refractivity contribution in [2.75, 3.05) is 0 Å². The molecule has 0 saturated heterocycles. The Labute approximate surface area is 318 Å². The highest BCUT2D eigenvalue weighted by Crippen LogP contribution is 2.58. The molecule has 0 heteroatoms. The van der Waals surface area contributed by atoms with Crippen molar-refractivity contribution in [3.63, 3.8) is 0 Å². The molecule has 13 rings (SSSR count). The number of hydrogen-bond acceptors (Lipinski definition) is 0. The third-order valence-electron chi connectivity index (χ3n) is 13.3. The van der Waals surface area contributed by atoms with Gasteiger partial charge in [-0.15, -0.1) is 0 Å². The monoisotopic (exact) mass is 694 g/mol. The molecule has 0 bridgehead atoms. The van der Waals surface area contributed by atoms with Crippen LogP contribution in [0.2, 0.25) is 0 Å². The highest BCUT2D eigenvalue weighted by Gasteiger charge is 2.37. The van der Waals surface area contributed by atoms with Crippen molar-refractivity contribution < 1.29 is 0 Å². The highest BCUT2D eigenvalue weighted by atomic mass is 14.4. The van der Waals surface area contributed by atoms with Gasteiger partial charge >= 0.3 is 0 Å². The van der Waals surface area contributed by atoms with Crippen LogP contribution in [-0.4, -0.2) is 0 Å². The molecule has 0 radical (unpaired) electrons. The van der Waals surface area contributed by atoms with Gasteiger partial charge in [-0.05, 0) is 137 Å². The molecular weight excluding hydrogens is 661 g/mol. The van der Waals surface area contributed by atoms with Crippen molar-refractivity contribution in [3.05, 3.63) is 181 Å². The molecule has 1 aliphatic carbocycles. The van der Waals surface area contributed by atoms with E-state index in [1.165, 1.54) is 131 Å². The number of fused-ring (bicyclic) bond motifs is 12. The SMILES string of the molecule is CC1(C)c2c(ccc3ccccc23)-c2ccc3c4c(-c5ccccc5)c5c(cc6c7ccccc7c7cccc5c76)c(-c5ccccc5)c4c4ccc1c2c43. The normalized spacial score (nSPS) is 13.8. The molecule has 12 aromatic rings. The Bertz CT molecular complexity index is 3590. The smallest absolute Gasteiger partial charge is 0.0165 e. The van der Waals surface area contributed by atoms with Crippen LogP contribution in [0.15, 0.2) is 170 Å². The third kappa shape index (κ3) is 3.58. The minimum atomic E-state index is -0.184. The van der Waals surface area contributed by atoms with Crippen LogP contribution in [0, 0.1) is 0 Å². The van der Waals surface area contributed by atoms with Crippen LogP contribution in [0.4, 0.5) is 0 Å². The quantitative estimate of drug-likeness (QED) is 0.158. The fourth-order valence-electron chi connectivity index (χ4n) is 11.1. The van der Waals surface area contributed by atoms with E-state index in [4.69, 9.17) is 0 Å². The van der Waals surface area contributed by atoms with E-state index in [0.717, 1.165) is 0 Å². The average Bonchev–Trinajstić information content (AvgIpc) is 3.74. The van der Waals surface area contributed by atoms with Gasteiger partial charge in [-0.2, -0.15) is 0 Å². The molecular formula is C55H34. The minimum Gasteiger partial charge on any atom is -0.0622 e. The van der Waals surface area contributed by atoms with Crippen LogP contribution in [0.1, 0.15) is 25.0 Å². The Morgan fingerprint density at radius 1 is 0.309 bits per heavy atom. The van der Waals surface area contributed by atoms with Crippen molar-refractivity contribution in [2.45, 2.75) is 19.3 Å². The van der Waals surface area contributed by atoms with E-state index >= 15 is 0 Å². The topological polar surface area (TPSA) is 0 Å². The lowest BCUT2D eigenvalue weighted by molar-refractivity contribution is 0.652. The zero-order valence-corrected chi connectivity index (χ0v) is 30.7.